The van der Waals surface area contributed by atoms with Crippen molar-refractivity contribution in [3.05, 3.63) is 59.2 Å². The normalized spacial score (nSPS) is 14.9. The number of nitrogens with zero attached hydrogens (tertiary/aromatic N) is 1. The molecule has 2 aromatic rings. The van der Waals surface area contributed by atoms with E-state index in [0.717, 1.165) is 19.4 Å². The second-order valence-electron chi connectivity index (χ2n) is 7.60. The van der Waals surface area contributed by atoms with E-state index in [1.807, 2.05) is 0 Å². The van der Waals surface area contributed by atoms with Crippen molar-refractivity contribution in [1.82, 2.24) is 10.2 Å². The molecule has 0 aliphatic carbocycles. The van der Waals surface area contributed by atoms with E-state index in [4.69, 9.17) is 9.47 Å². The highest BCUT2D eigenvalue weighted by Gasteiger charge is 2.23. The minimum absolute atomic E-state index is 0.0465. The maximum atomic E-state index is 12.4. The highest BCUT2D eigenvalue weighted by Crippen LogP contribution is 2.28. The zero-order valence-electron chi connectivity index (χ0n) is 17.7. The summed E-state index contributed by atoms with van der Waals surface area (Å²) in [6.45, 7) is 5.03. The molecule has 0 radical (unpaired) electrons. The summed E-state index contributed by atoms with van der Waals surface area (Å²) in [6, 6.07) is 13.7. The summed E-state index contributed by atoms with van der Waals surface area (Å²) < 4.78 is 10.9. The van der Waals surface area contributed by atoms with Gasteiger partial charge in [-0.2, -0.15) is 0 Å². The molecule has 1 fully saturated rings. The SMILES string of the molecule is COc1cc(C=O)ccc1OCCC(=O)NC[C@H](c1ccc(C)cc1)N1CCCC1. The van der Waals surface area contributed by atoms with Crippen LogP contribution in [0, 0.1) is 6.92 Å². The molecule has 3 rings (SSSR count). The fourth-order valence-corrected chi connectivity index (χ4v) is 3.73. The van der Waals surface area contributed by atoms with E-state index < -0.39 is 0 Å². The zero-order chi connectivity index (χ0) is 21.3. The number of nitrogens with one attached hydrogen (secondary N) is 1. The third-order valence-corrected chi connectivity index (χ3v) is 5.45. The van der Waals surface area contributed by atoms with Gasteiger partial charge in [0.1, 0.15) is 6.29 Å². The van der Waals surface area contributed by atoms with Crippen molar-refractivity contribution < 1.29 is 19.1 Å². The third-order valence-electron chi connectivity index (χ3n) is 5.45. The fraction of sp³-hybridized carbons (Fsp3) is 0.417. The number of hydrogen-bond donors (Lipinski definition) is 1. The molecule has 0 aromatic heterocycles. The standard InChI is InChI=1S/C24H30N2O4/c1-18-5-8-20(9-6-18)21(26-12-3-4-13-26)16-25-24(28)11-14-30-22-10-7-19(17-27)15-23(22)29-2/h5-10,15,17,21H,3-4,11-14,16H2,1-2H3,(H,25,28)/t21-/m1/s1. The van der Waals surface area contributed by atoms with Crippen LogP contribution in [0.3, 0.4) is 0 Å². The van der Waals surface area contributed by atoms with Gasteiger partial charge in [0.25, 0.3) is 0 Å². The summed E-state index contributed by atoms with van der Waals surface area (Å²) in [6.07, 6.45) is 3.41. The molecule has 1 amide bonds. The number of aldehydes is 1. The van der Waals surface area contributed by atoms with E-state index in [0.29, 0.717) is 23.6 Å². The van der Waals surface area contributed by atoms with Gasteiger partial charge in [-0.3, -0.25) is 14.5 Å². The predicted molar refractivity (Wildman–Crippen MR) is 116 cm³/mol. The van der Waals surface area contributed by atoms with Crippen LogP contribution in [0.15, 0.2) is 42.5 Å². The van der Waals surface area contributed by atoms with E-state index in [1.165, 1.54) is 31.1 Å². The molecule has 6 nitrogen and oxygen atoms in total. The summed E-state index contributed by atoms with van der Waals surface area (Å²) in [5.41, 5.74) is 2.98. The number of aryl methyl sites for hydroxylation is 1. The van der Waals surface area contributed by atoms with Crippen molar-refractivity contribution in [2.45, 2.75) is 32.2 Å². The maximum absolute atomic E-state index is 12.4. The van der Waals surface area contributed by atoms with Crippen molar-refractivity contribution in [3.8, 4) is 11.5 Å². The number of carbonyl (C=O) groups is 2. The molecule has 2 aromatic carbocycles. The Morgan fingerprint density at radius 2 is 1.87 bits per heavy atom. The summed E-state index contributed by atoms with van der Waals surface area (Å²) in [5.74, 6) is 0.953. The van der Waals surface area contributed by atoms with Crippen molar-refractivity contribution >= 4 is 12.2 Å². The number of amides is 1. The molecule has 0 spiro atoms. The van der Waals surface area contributed by atoms with Crippen LogP contribution < -0.4 is 14.8 Å². The first-order valence-corrected chi connectivity index (χ1v) is 10.4. The lowest BCUT2D eigenvalue weighted by molar-refractivity contribution is -0.121. The van der Waals surface area contributed by atoms with E-state index >= 15 is 0 Å². The molecule has 0 saturated carbocycles. The molecule has 1 saturated heterocycles. The zero-order valence-corrected chi connectivity index (χ0v) is 17.7. The maximum Gasteiger partial charge on any atom is 0.223 e. The molecule has 1 atom stereocenters. The molecule has 0 unspecified atom stereocenters. The summed E-state index contributed by atoms with van der Waals surface area (Å²) in [7, 11) is 1.52. The number of ether oxygens (including phenoxy) is 2. The Morgan fingerprint density at radius 3 is 2.53 bits per heavy atom. The van der Waals surface area contributed by atoms with Crippen molar-refractivity contribution in [1.29, 1.82) is 0 Å². The van der Waals surface area contributed by atoms with Gasteiger partial charge in [-0.25, -0.2) is 0 Å². The van der Waals surface area contributed by atoms with Gasteiger partial charge < -0.3 is 14.8 Å². The summed E-state index contributed by atoms with van der Waals surface area (Å²) in [5, 5.41) is 3.07. The Labute approximate surface area is 178 Å². The van der Waals surface area contributed by atoms with Gasteiger partial charge in [0.2, 0.25) is 5.91 Å². The van der Waals surface area contributed by atoms with Gasteiger partial charge in [-0.1, -0.05) is 29.8 Å². The van der Waals surface area contributed by atoms with Gasteiger partial charge in [0, 0.05) is 12.1 Å². The molecule has 1 aliphatic rings. The van der Waals surface area contributed by atoms with Crippen LogP contribution in [-0.4, -0.2) is 50.4 Å². The Morgan fingerprint density at radius 1 is 1.13 bits per heavy atom. The molecule has 160 valence electrons. The molecule has 1 N–H and O–H groups in total. The van der Waals surface area contributed by atoms with Gasteiger partial charge in [0.15, 0.2) is 11.5 Å². The Balaban J connectivity index is 1.52. The molecular weight excluding hydrogens is 380 g/mol. The minimum Gasteiger partial charge on any atom is -0.493 e. The minimum atomic E-state index is -0.0465. The molecule has 6 heteroatoms. The third kappa shape index (κ3) is 5.83. The molecule has 0 bridgehead atoms. The fourth-order valence-electron chi connectivity index (χ4n) is 3.73. The van der Waals surface area contributed by atoms with Crippen molar-refractivity contribution in [2.75, 3.05) is 33.4 Å². The van der Waals surface area contributed by atoms with Crippen LogP contribution in [0.1, 0.15) is 46.8 Å². The Bertz CT molecular complexity index is 845. The smallest absolute Gasteiger partial charge is 0.223 e. The average molecular weight is 411 g/mol. The molecule has 30 heavy (non-hydrogen) atoms. The van der Waals surface area contributed by atoms with Crippen LogP contribution in [-0.2, 0) is 4.79 Å². The quantitative estimate of drug-likeness (QED) is 0.607. The summed E-state index contributed by atoms with van der Waals surface area (Å²) >= 11 is 0. The van der Waals surface area contributed by atoms with Crippen LogP contribution in [0.25, 0.3) is 0 Å². The van der Waals surface area contributed by atoms with Gasteiger partial charge in [-0.15, -0.1) is 0 Å². The van der Waals surface area contributed by atoms with E-state index in [9.17, 15) is 9.59 Å². The lowest BCUT2D eigenvalue weighted by Gasteiger charge is -2.28. The topological polar surface area (TPSA) is 67.9 Å². The molecule has 1 heterocycles. The van der Waals surface area contributed by atoms with E-state index in [1.54, 1.807) is 18.2 Å². The number of likely N-dealkylation sites (tertiary alicyclic amines) is 1. The average Bonchev–Trinajstić information content (AvgIpc) is 3.30. The number of methoxy groups -OCH3 is 1. The highest BCUT2D eigenvalue weighted by atomic mass is 16.5. The first-order valence-electron chi connectivity index (χ1n) is 10.4. The number of benzene rings is 2. The van der Waals surface area contributed by atoms with E-state index in [-0.39, 0.29) is 25.0 Å². The first kappa shape index (κ1) is 21.8. The van der Waals surface area contributed by atoms with Crippen LogP contribution >= 0.6 is 0 Å². The van der Waals surface area contributed by atoms with E-state index in [2.05, 4.69) is 41.4 Å². The number of rotatable bonds is 10. The largest absolute Gasteiger partial charge is 0.493 e. The van der Waals surface area contributed by atoms with Crippen molar-refractivity contribution in [2.24, 2.45) is 0 Å². The molecular formula is C24H30N2O4. The lowest BCUT2D eigenvalue weighted by atomic mass is 10.0. The van der Waals surface area contributed by atoms with Crippen LogP contribution in [0.5, 0.6) is 11.5 Å². The van der Waals surface area contributed by atoms with Gasteiger partial charge in [-0.05, 0) is 56.6 Å². The lowest BCUT2D eigenvalue weighted by Crippen LogP contribution is -2.37. The molecule has 1 aliphatic heterocycles. The second kappa shape index (κ2) is 10.8. The Hall–Kier alpha value is -2.86. The second-order valence-corrected chi connectivity index (χ2v) is 7.60. The van der Waals surface area contributed by atoms with Crippen LogP contribution in [0.2, 0.25) is 0 Å². The Kier molecular flexibility index (Phi) is 7.85. The number of hydrogen-bond acceptors (Lipinski definition) is 5. The monoisotopic (exact) mass is 410 g/mol. The van der Waals surface area contributed by atoms with Crippen molar-refractivity contribution in [3.63, 3.8) is 0 Å². The predicted octanol–water partition coefficient (Wildman–Crippen LogP) is 3.54. The number of carbonyl (C=O) groups excluding carboxylic acids is 2. The first-order chi connectivity index (χ1) is 14.6. The van der Waals surface area contributed by atoms with Crippen LogP contribution in [0.4, 0.5) is 0 Å². The van der Waals surface area contributed by atoms with Gasteiger partial charge in [0.05, 0.1) is 26.2 Å². The summed E-state index contributed by atoms with van der Waals surface area (Å²) in [4.78, 5) is 25.7. The van der Waals surface area contributed by atoms with Gasteiger partial charge >= 0.3 is 0 Å². The highest BCUT2D eigenvalue weighted by molar-refractivity contribution is 5.77.